The van der Waals surface area contributed by atoms with Crippen LogP contribution in [0.3, 0.4) is 0 Å². The highest BCUT2D eigenvalue weighted by Crippen LogP contribution is 2.39. The van der Waals surface area contributed by atoms with Crippen molar-refractivity contribution in [1.82, 2.24) is 25.8 Å². The molecule has 12 heteroatoms. The number of nitrogens with two attached hydrogens (primary N) is 1. The second-order valence-corrected chi connectivity index (χ2v) is 16.4. The molecule has 4 aromatic rings. The fourth-order valence-corrected chi connectivity index (χ4v) is 8.15. The van der Waals surface area contributed by atoms with Crippen molar-refractivity contribution >= 4 is 40.5 Å². The maximum Gasteiger partial charge on any atom is 0.338 e. The van der Waals surface area contributed by atoms with E-state index in [0.29, 0.717) is 35.9 Å². The first-order valence-corrected chi connectivity index (χ1v) is 19.9. The molecule has 4 amide bonds. The average Bonchev–Trinajstić information content (AvgIpc) is 3.19. The Balaban J connectivity index is 1.33. The van der Waals surface area contributed by atoms with E-state index in [1.165, 1.54) is 0 Å². The second kappa shape index (κ2) is 18.5. The molecule has 2 aliphatic rings. The Kier molecular flexibility index (Phi) is 13.4. The number of primary amides is 1. The lowest BCUT2D eigenvalue weighted by atomic mass is 9.72. The lowest BCUT2D eigenvalue weighted by Gasteiger charge is -2.47. The molecule has 2 heterocycles. The molecule has 12 nitrogen and oxygen atoms in total. The van der Waals surface area contributed by atoms with E-state index < -0.39 is 59.9 Å². The van der Waals surface area contributed by atoms with Crippen LogP contribution in [-0.4, -0.2) is 82.3 Å². The van der Waals surface area contributed by atoms with E-state index in [1.54, 1.807) is 48.5 Å². The monoisotopic (exact) mass is 774 g/mol. The van der Waals surface area contributed by atoms with Crippen LogP contribution in [0.25, 0.3) is 10.9 Å². The van der Waals surface area contributed by atoms with Crippen LogP contribution in [-0.2, 0) is 25.5 Å². The molecule has 0 unspecified atom stereocenters. The number of nitrogens with one attached hydrogen (secondary N) is 3. The predicted molar refractivity (Wildman–Crippen MR) is 218 cm³/mol. The third-order valence-electron chi connectivity index (χ3n) is 10.9. The molecule has 6 atom stereocenters. The number of rotatable bonds is 14. The largest absolute Gasteiger partial charge is 0.455 e. The normalized spacial score (nSPS) is 19.9. The Bertz CT molecular complexity index is 2040. The first kappa shape index (κ1) is 41.0. The molecule has 1 aliphatic carbocycles. The van der Waals surface area contributed by atoms with Gasteiger partial charge in [0.1, 0.15) is 17.8 Å². The summed E-state index contributed by atoms with van der Waals surface area (Å²) >= 11 is 0. The van der Waals surface area contributed by atoms with Crippen molar-refractivity contribution in [3.05, 3.63) is 114 Å². The van der Waals surface area contributed by atoms with Crippen molar-refractivity contribution in [2.24, 2.45) is 17.6 Å². The lowest BCUT2D eigenvalue weighted by Crippen LogP contribution is -2.61. The number of piperidine rings is 1. The summed E-state index contributed by atoms with van der Waals surface area (Å²) in [5, 5.41) is 9.75. The predicted octanol–water partition coefficient (Wildman–Crippen LogP) is 4.96. The van der Waals surface area contributed by atoms with Crippen molar-refractivity contribution in [3.8, 4) is 0 Å². The molecule has 6 rings (SSSR count). The molecule has 1 aliphatic heterocycles. The van der Waals surface area contributed by atoms with E-state index in [-0.39, 0.29) is 24.6 Å². The second-order valence-electron chi connectivity index (χ2n) is 16.4. The zero-order chi connectivity index (χ0) is 40.5. The van der Waals surface area contributed by atoms with Crippen LogP contribution in [0.1, 0.15) is 85.7 Å². The van der Waals surface area contributed by atoms with E-state index in [4.69, 9.17) is 10.5 Å². The van der Waals surface area contributed by atoms with Gasteiger partial charge in [0, 0.05) is 24.0 Å². The Morgan fingerprint density at radius 3 is 2.21 bits per heavy atom. The summed E-state index contributed by atoms with van der Waals surface area (Å²) in [7, 11) is 0. The molecule has 300 valence electrons. The van der Waals surface area contributed by atoms with Gasteiger partial charge in [-0.05, 0) is 81.7 Å². The van der Waals surface area contributed by atoms with Gasteiger partial charge in [0.05, 0.1) is 29.6 Å². The number of hydrogen-bond acceptors (Lipinski definition) is 8. The fraction of sp³-hybridized carbons (Fsp3) is 0.422. The molecule has 1 aromatic heterocycles. The maximum atomic E-state index is 14.4. The number of carbonyl (C=O) groups excluding carboxylic acids is 5. The quantitative estimate of drug-likeness (QED) is 0.130. The third kappa shape index (κ3) is 11.3. The van der Waals surface area contributed by atoms with Crippen LogP contribution in [0.5, 0.6) is 0 Å². The van der Waals surface area contributed by atoms with Gasteiger partial charge in [-0.15, -0.1) is 0 Å². The van der Waals surface area contributed by atoms with Crippen molar-refractivity contribution < 1.29 is 28.7 Å². The molecule has 57 heavy (non-hydrogen) atoms. The zero-order valence-electron chi connectivity index (χ0n) is 33.0. The molecule has 2 fully saturated rings. The lowest BCUT2D eigenvalue weighted by molar-refractivity contribution is -0.133. The number of aromatic nitrogens is 1. The summed E-state index contributed by atoms with van der Waals surface area (Å²) in [5.74, 6) is -2.02. The van der Waals surface area contributed by atoms with Crippen LogP contribution >= 0.6 is 0 Å². The standard InChI is InChI=1S/C45H54N6O6/c1-45(2,3)50-43(55)38-25-32-19-10-11-20-33(32)27-51(38)28-39(57-44(56)31-17-8-5-9-18-31)36(24-29-14-6-4-7-15-29)48-42(54)37(26-40(46)52)49-41(53)35-23-22-30-16-12-13-21-34(30)47-35/h4-9,12-18,21-23,32-33,36-39H,10-11,19-20,24-28H2,1-3H3,(H2,46,52)(H,48,54)(H,49,53)(H,50,55)/t32-,33+,36-,37-,38-,39+/m0/s1. The van der Waals surface area contributed by atoms with Crippen molar-refractivity contribution in [3.63, 3.8) is 0 Å². The molecule has 5 N–H and O–H groups in total. The van der Waals surface area contributed by atoms with Crippen molar-refractivity contribution in [2.45, 2.75) is 95.5 Å². The zero-order valence-corrected chi connectivity index (χ0v) is 33.0. The number of amides is 4. The Morgan fingerprint density at radius 1 is 0.842 bits per heavy atom. The molecular weight excluding hydrogens is 721 g/mol. The first-order chi connectivity index (χ1) is 27.3. The maximum absolute atomic E-state index is 14.4. The average molecular weight is 775 g/mol. The minimum Gasteiger partial charge on any atom is -0.455 e. The molecule has 0 radical (unpaired) electrons. The first-order valence-electron chi connectivity index (χ1n) is 19.9. The molecule has 3 aromatic carbocycles. The Labute approximate surface area is 334 Å². The number of benzene rings is 3. The number of para-hydroxylation sites is 1. The molecule has 1 saturated carbocycles. The summed E-state index contributed by atoms with van der Waals surface area (Å²) in [5.41, 5.74) is 7.02. The Hall–Kier alpha value is -5.62. The fourth-order valence-electron chi connectivity index (χ4n) is 8.15. The summed E-state index contributed by atoms with van der Waals surface area (Å²) in [6.45, 7) is 6.64. The molecule has 0 bridgehead atoms. The molecular formula is C45H54N6O6. The highest BCUT2D eigenvalue weighted by molar-refractivity contribution is 5.99. The smallest absolute Gasteiger partial charge is 0.338 e. The highest BCUT2D eigenvalue weighted by Gasteiger charge is 2.43. The molecule has 0 spiro atoms. The highest BCUT2D eigenvalue weighted by atomic mass is 16.5. The van der Waals surface area contributed by atoms with Crippen molar-refractivity contribution in [2.75, 3.05) is 13.1 Å². The topological polar surface area (TPSA) is 173 Å². The number of esters is 1. The van der Waals surface area contributed by atoms with Gasteiger partial charge < -0.3 is 26.4 Å². The summed E-state index contributed by atoms with van der Waals surface area (Å²) < 4.78 is 6.38. The van der Waals surface area contributed by atoms with Crippen LogP contribution in [0, 0.1) is 11.8 Å². The van der Waals surface area contributed by atoms with Gasteiger partial charge in [-0.1, -0.05) is 92.1 Å². The van der Waals surface area contributed by atoms with Crippen LogP contribution < -0.4 is 21.7 Å². The summed E-state index contributed by atoms with van der Waals surface area (Å²) in [6.07, 6.45) is 3.85. The summed E-state index contributed by atoms with van der Waals surface area (Å²) in [6, 6.07) is 26.0. The number of likely N-dealkylation sites (tertiary alicyclic amines) is 1. The third-order valence-corrected chi connectivity index (χ3v) is 10.9. The number of ether oxygens (including phenoxy) is 1. The van der Waals surface area contributed by atoms with Gasteiger partial charge in [-0.25, -0.2) is 9.78 Å². The number of nitrogens with zero attached hydrogens (tertiary/aromatic N) is 2. The molecule has 1 saturated heterocycles. The van der Waals surface area contributed by atoms with Gasteiger partial charge in [0.15, 0.2) is 0 Å². The van der Waals surface area contributed by atoms with E-state index in [9.17, 15) is 24.0 Å². The van der Waals surface area contributed by atoms with Crippen LogP contribution in [0.2, 0.25) is 0 Å². The minimum atomic E-state index is -1.37. The van der Waals surface area contributed by atoms with Crippen LogP contribution in [0.15, 0.2) is 97.1 Å². The van der Waals surface area contributed by atoms with Crippen molar-refractivity contribution in [1.29, 1.82) is 0 Å². The van der Waals surface area contributed by atoms with Gasteiger partial charge in [0.25, 0.3) is 5.91 Å². The number of pyridine rings is 1. The van der Waals surface area contributed by atoms with Gasteiger partial charge in [0.2, 0.25) is 17.7 Å². The van der Waals surface area contributed by atoms with Crippen LogP contribution in [0.4, 0.5) is 0 Å². The van der Waals surface area contributed by atoms with E-state index in [0.717, 1.165) is 36.6 Å². The van der Waals surface area contributed by atoms with E-state index in [1.807, 2.05) is 69.3 Å². The van der Waals surface area contributed by atoms with Gasteiger partial charge in [-0.3, -0.25) is 24.1 Å². The van der Waals surface area contributed by atoms with Gasteiger partial charge >= 0.3 is 5.97 Å². The van der Waals surface area contributed by atoms with E-state index >= 15 is 0 Å². The van der Waals surface area contributed by atoms with Gasteiger partial charge in [-0.2, -0.15) is 0 Å². The Morgan fingerprint density at radius 2 is 1.51 bits per heavy atom. The number of carbonyl (C=O) groups is 5. The SMILES string of the molecule is CC(C)(C)NC(=O)[C@@H]1C[C@@H]2CCCC[C@@H]2CN1C[C@@H](OC(=O)c1ccccc1)[C@H](Cc1ccccc1)NC(=O)[C@H](CC(N)=O)NC(=O)c1ccc2ccccc2n1. The summed E-state index contributed by atoms with van der Waals surface area (Å²) in [4.78, 5) is 74.8. The number of hydrogen-bond donors (Lipinski definition) is 4. The minimum absolute atomic E-state index is 0.0668. The van der Waals surface area contributed by atoms with E-state index in [2.05, 4.69) is 25.8 Å². The number of fused-ring (bicyclic) bond motifs is 2.